The minimum Gasteiger partial charge on any atom is -0.497 e. The minimum atomic E-state index is 0.131. The Morgan fingerprint density at radius 2 is 2.17 bits per heavy atom. The summed E-state index contributed by atoms with van der Waals surface area (Å²) in [6.45, 7) is 0.547. The molecule has 1 aliphatic carbocycles. The van der Waals surface area contributed by atoms with E-state index >= 15 is 0 Å². The SMILES string of the molecule is COc1cccc(OCCCC(=O)NC2CC2)c1. The van der Waals surface area contributed by atoms with E-state index in [1.54, 1.807) is 7.11 Å². The van der Waals surface area contributed by atoms with Gasteiger partial charge < -0.3 is 14.8 Å². The molecule has 0 radical (unpaired) electrons. The Balaban J connectivity index is 1.63. The van der Waals surface area contributed by atoms with Crippen molar-refractivity contribution in [2.75, 3.05) is 13.7 Å². The molecule has 98 valence electrons. The maximum absolute atomic E-state index is 11.4. The summed E-state index contributed by atoms with van der Waals surface area (Å²) in [4.78, 5) is 11.4. The molecule has 4 nitrogen and oxygen atoms in total. The van der Waals surface area contributed by atoms with Crippen LogP contribution in [0.15, 0.2) is 24.3 Å². The van der Waals surface area contributed by atoms with E-state index in [9.17, 15) is 4.79 Å². The average molecular weight is 249 g/mol. The summed E-state index contributed by atoms with van der Waals surface area (Å²) in [6.07, 6.45) is 3.52. The van der Waals surface area contributed by atoms with Gasteiger partial charge in [-0.3, -0.25) is 4.79 Å². The molecule has 0 aromatic heterocycles. The lowest BCUT2D eigenvalue weighted by molar-refractivity contribution is -0.121. The molecule has 1 saturated carbocycles. The molecule has 0 unspecified atom stereocenters. The molecule has 1 N–H and O–H groups in total. The molecule has 18 heavy (non-hydrogen) atoms. The Kier molecular flexibility index (Phi) is 4.45. The van der Waals surface area contributed by atoms with Crippen molar-refractivity contribution in [3.05, 3.63) is 24.3 Å². The Bertz CT molecular complexity index is 402. The fraction of sp³-hybridized carbons (Fsp3) is 0.500. The van der Waals surface area contributed by atoms with Gasteiger partial charge in [0.15, 0.2) is 0 Å². The standard InChI is InChI=1S/C14H19NO3/c1-17-12-4-2-5-13(10-12)18-9-3-6-14(16)15-11-7-8-11/h2,4-5,10-11H,3,6-9H2,1H3,(H,15,16). The number of amides is 1. The van der Waals surface area contributed by atoms with Gasteiger partial charge in [-0.25, -0.2) is 0 Å². The van der Waals surface area contributed by atoms with Gasteiger partial charge in [-0.2, -0.15) is 0 Å². The maximum atomic E-state index is 11.4. The van der Waals surface area contributed by atoms with Crippen molar-refractivity contribution < 1.29 is 14.3 Å². The molecule has 2 rings (SSSR count). The van der Waals surface area contributed by atoms with Crippen molar-refractivity contribution in [3.8, 4) is 11.5 Å². The van der Waals surface area contributed by atoms with Crippen LogP contribution in [0.2, 0.25) is 0 Å². The van der Waals surface area contributed by atoms with Crippen LogP contribution >= 0.6 is 0 Å². The van der Waals surface area contributed by atoms with E-state index in [1.807, 2.05) is 24.3 Å². The van der Waals surface area contributed by atoms with E-state index in [2.05, 4.69) is 5.32 Å². The largest absolute Gasteiger partial charge is 0.497 e. The number of ether oxygens (including phenoxy) is 2. The number of nitrogens with one attached hydrogen (secondary N) is 1. The van der Waals surface area contributed by atoms with E-state index < -0.39 is 0 Å². The van der Waals surface area contributed by atoms with Crippen molar-refractivity contribution in [2.45, 2.75) is 31.7 Å². The van der Waals surface area contributed by atoms with Gasteiger partial charge in [-0.15, -0.1) is 0 Å². The highest BCUT2D eigenvalue weighted by atomic mass is 16.5. The second-order valence-corrected chi connectivity index (χ2v) is 4.47. The summed E-state index contributed by atoms with van der Waals surface area (Å²) < 4.78 is 10.7. The molecule has 0 spiro atoms. The molecule has 0 saturated heterocycles. The van der Waals surface area contributed by atoms with Crippen LogP contribution in [0.5, 0.6) is 11.5 Å². The van der Waals surface area contributed by atoms with Crippen molar-refractivity contribution >= 4 is 5.91 Å². The molecular formula is C14H19NO3. The van der Waals surface area contributed by atoms with E-state index in [1.165, 1.54) is 0 Å². The molecule has 0 aliphatic heterocycles. The second kappa shape index (κ2) is 6.28. The lowest BCUT2D eigenvalue weighted by Crippen LogP contribution is -2.25. The number of carbonyl (C=O) groups is 1. The van der Waals surface area contributed by atoms with E-state index in [0.717, 1.165) is 30.8 Å². The molecular weight excluding hydrogens is 230 g/mol. The third-order valence-corrected chi connectivity index (χ3v) is 2.80. The lowest BCUT2D eigenvalue weighted by Gasteiger charge is -2.07. The van der Waals surface area contributed by atoms with Crippen LogP contribution in [0.4, 0.5) is 0 Å². The molecule has 4 heteroatoms. The maximum Gasteiger partial charge on any atom is 0.220 e. The van der Waals surface area contributed by atoms with E-state index in [0.29, 0.717) is 19.1 Å². The van der Waals surface area contributed by atoms with Crippen LogP contribution < -0.4 is 14.8 Å². The van der Waals surface area contributed by atoms with E-state index in [4.69, 9.17) is 9.47 Å². The van der Waals surface area contributed by atoms with Crippen molar-refractivity contribution in [3.63, 3.8) is 0 Å². The second-order valence-electron chi connectivity index (χ2n) is 4.47. The third-order valence-electron chi connectivity index (χ3n) is 2.80. The molecule has 1 aromatic carbocycles. The van der Waals surface area contributed by atoms with Gasteiger partial charge in [0.25, 0.3) is 0 Å². The fourth-order valence-corrected chi connectivity index (χ4v) is 1.64. The number of rotatable bonds is 7. The number of methoxy groups -OCH3 is 1. The molecule has 1 fully saturated rings. The summed E-state index contributed by atoms with van der Waals surface area (Å²) in [5.74, 6) is 1.68. The van der Waals surface area contributed by atoms with Gasteiger partial charge in [0.1, 0.15) is 11.5 Å². The molecule has 0 heterocycles. The monoisotopic (exact) mass is 249 g/mol. The minimum absolute atomic E-state index is 0.131. The van der Waals surface area contributed by atoms with Gasteiger partial charge in [-0.05, 0) is 31.4 Å². The molecule has 0 atom stereocenters. The Morgan fingerprint density at radius 1 is 1.39 bits per heavy atom. The van der Waals surface area contributed by atoms with Gasteiger partial charge in [0.05, 0.1) is 13.7 Å². The van der Waals surface area contributed by atoms with Crippen LogP contribution in [0.1, 0.15) is 25.7 Å². The predicted molar refractivity (Wildman–Crippen MR) is 68.9 cm³/mol. The van der Waals surface area contributed by atoms with Gasteiger partial charge in [0.2, 0.25) is 5.91 Å². The van der Waals surface area contributed by atoms with Crippen LogP contribution in [-0.2, 0) is 4.79 Å². The van der Waals surface area contributed by atoms with Crippen LogP contribution in [0.25, 0.3) is 0 Å². The summed E-state index contributed by atoms with van der Waals surface area (Å²) in [5, 5.41) is 2.96. The first kappa shape index (κ1) is 12.7. The zero-order valence-electron chi connectivity index (χ0n) is 10.6. The number of carbonyl (C=O) groups excluding carboxylic acids is 1. The van der Waals surface area contributed by atoms with E-state index in [-0.39, 0.29) is 5.91 Å². The third kappa shape index (κ3) is 4.28. The van der Waals surface area contributed by atoms with Crippen LogP contribution in [0, 0.1) is 0 Å². The summed E-state index contributed by atoms with van der Waals surface area (Å²) in [7, 11) is 1.63. The first-order valence-corrected chi connectivity index (χ1v) is 6.34. The topological polar surface area (TPSA) is 47.6 Å². The molecule has 1 aromatic rings. The average Bonchev–Trinajstić information content (AvgIpc) is 3.19. The predicted octanol–water partition coefficient (Wildman–Crippen LogP) is 2.13. The Morgan fingerprint density at radius 3 is 2.89 bits per heavy atom. The number of hydrogen-bond acceptors (Lipinski definition) is 3. The molecule has 0 bridgehead atoms. The Labute approximate surface area is 107 Å². The van der Waals surface area contributed by atoms with Gasteiger partial charge in [0, 0.05) is 18.5 Å². The Hall–Kier alpha value is -1.71. The summed E-state index contributed by atoms with van der Waals surface area (Å²) in [6, 6.07) is 7.91. The highest BCUT2D eigenvalue weighted by Crippen LogP contribution is 2.20. The van der Waals surface area contributed by atoms with Gasteiger partial charge >= 0.3 is 0 Å². The molecule has 1 amide bonds. The number of benzene rings is 1. The fourth-order valence-electron chi connectivity index (χ4n) is 1.64. The quantitative estimate of drug-likeness (QED) is 0.753. The van der Waals surface area contributed by atoms with Crippen molar-refractivity contribution in [1.29, 1.82) is 0 Å². The summed E-state index contributed by atoms with van der Waals surface area (Å²) in [5.41, 5.74) is 0. The van der Waals surface area contributed by atoms with Crippen molar-refractivity contribution in [1.82, 2.24) is 5.32 Å². The van der Waals surface area contributed by atoms with Crippen LogP contribution in [-0.4, -0.2) is 25.7 Å². The molecule has 1 aliphatic rings. The highest BCUT2D eigenvalue weighted by Gasteiger charge is 2.22. The van der Waals surface area contributed by atoms with Crippen LogP contribution in [0.3, 0.4) is 0 Å². The van der Waals surface area contributed by atoms with Gasteiger partial charge in [-0.1, -0.05) is 6.07 Å². The highest BCUT2D eigenvalue weighted by molar-refractivity contribution is 5.76. The number of hydrogen-bond donors (Lipinski definition) is 1. The first-order valence-electron chi connectivity index (χ1n) is 6.34. The van der Waals surface area contributed by atoms with Crippen molar-refractivity contribution in [2.24, 2.45) is 0 Å². The summed E-state index contributed by atoms with van der Waals surface area (Å²) >= 11 is 0. The first-order chi connectivity index (χ1) is 8.78. The zero-order chi connectivity index (χ0) is 12.8. The smallest absolute Gasteiger partial charge is 0.220 e. The lowest BCUT2D eigenvalue weighted by atomic mass is 10.3. The normalized spacial score (nSPS) is 14.1. The zero-order valence-corrected chi connectivity index (χ0v) is 10.6.